The van der Waals surface area contributed by atoms with Gasteiger partial charge in [0, 0.05) is 17.2 Å². The summed E-state index contributed by atoms with van der Waals surface area (Å²) in [6.07, 6.45) is 3.59. The Balaban J connectivity index is 1.86. The van der Waals surface area contributed by atoms with Gasteiger partial charge in [-0.05, 0) is 55.9 Å². The first-order valence-corrected chi connectivity index (χ1v) is 6.83. The number of hydrogen-bond donors (Lipinski definition) is 1. The number of rotatable bonds is 2. The zero-order valence-electron chi connectivity index (χ0n) is 11.4. The molecule has 0 spiro atoms. The molecule has 1 fully saturated rings. The normalized spacial score (nSPS) is 22.8. The number of nitrogens with zero attached hydrogens (tertiary/aromatic N) is 2. The van der Waals surface area contributed by atoms with Gasteiger partial charge in [0.1, 0.15) is 0 Å². The third-order valence-corrected chi connectivity index (χ3v) is 4.02. The van der Waals surface area contributed by atoms with E-state index in [4.69, 9.17) is 10.3 Å². The maximum absolute atomic E-state index is 5.82. The summed E-state index contributed by atoms with van der Waals surface area (Å²) >= 11 is 0. The molecule has 19 heavy (non-hydrogen) atoms. The summed E-state index contributed by atoms with van der Waals surface area (Å²) in [5.41, 5.74) is 8.58. The van der Waals surface area contributed by atoms with Crippen molar-refractivity contribution in [1.29, 1.82) is 0 Å². The van der Waals surface area contributed by atoms with Gasteiger partial charge in [0.15, 0.2) is 5.82 Å². The molecule has 4 nitrogen and oxygen atoms in total. The summed E-state index contributed by atoms with van der Waals surface area (Å²) in [7, 11) is 0. The SMILES string of the molecule is Cc1cc(-c2nc(C3CCC(C)C3)no2)ccc1N. The van der Waals surface area contributed by atoms with Gasteiger partial charge < -0.3 is 10.3 Å². The van der Waals surface area contributed by atoms with Crippen molar-refractivity contribution in [3.05, 3.63) is 29.6 Å². The molecule has 0 saturated heterocycles. The number of nitrogens with two attached hydrogens (primary N) is 1. The quantitative estimate of drug-likeness (QED) is 0.836. The van der Waals surface area contributed by atoms with Crippen LogP contribution in [0.2, 0.25) is 0 Å². The van der Waals surface area contributed by atoms with Crippen molar-refractivity contribution >= 4 is 5.69 Å². The fourth-order valence-electron chi connectivity index (χ4n) is 2.77. The first-order chi connectivity index (χ1) is 9.13. The highest BCUT2D eigenvalue weighted by Crippen LogP contribution is 2.37. The van der Waals surface area contributed by atoms with Crippen molar-refractivity contribution in [3.8, 4) is 11.5 Å². The van der Waals surface area contributed by atoms with E-state index in [0.717, 1.165) is 28.6 Å². The monoisotopic (exact) mass is 257 g/mol. The summed E-state index contributed by atoms with van der Waals surface area (Å²) in [5.74, 6) is 2.68. The van der Waals surface area contributed by atoms with Crippen molar-refractivity contribution in [2.24, 2.45) is 5.92 Å². The maximum atomic E-state index is 5.82. The van der Waals surface area contributed by atoms with Crippen LogP contribution in [0.15, 0.2) is 22.7 Å². The molecule has 4 heteroatoms. The van der Waals surface area contributed by atoms with Gasteiger partial charge in [-0.15, -0.1) is 0 Å². The molecular formula is C15H19N3O. The number of hydrogen-bond acceptors (Lipinski definition) is 4. The van der Waals surface area contributed by atoms with Crippen LogP contribution < -0.4 is 5.73 Å². The summed E-state index contributed by atoms with van der Waals surface area (Å²) in [5, 5.41) is 4.14. The van der Waals surface area contributed by atoms with Gasteiger partial charge in [-0.25, -0.2) is 0 Å². The van der Waals surface area contributed by atoms with Crippen LogP contribution in [0.4, 0.5) is 5.69 Å². The Bertz CT molecular complexity index is 591. The molecule has 0 radical (unpaired) electrons. The van der Waals surface area contributed by atoms with E-state index in [-0.39, 0.29) is 0 Å². The summed E-state index contributed by atoms with van der Waals surface area (Å²) in [6.45, 7) is 4.26. The molecule has 1 heterocycles. The summed E-state index contributed by atoms with van der Waals surface area (Å²) in [6, 6.07) is 5.80. The molecule has 1 saturated carbocycles. The van der Waals surface area contributed by atoms with Gasteiger partial charge in [-0.2, -0.15) is 4.98 Å². The van der Waals surface area contributed by atoms with E-state index in [1.54, 1.807) is 0 Å². The Morgan fingerprint density at radius 3 is 2.84 bits per heavy atom. The number of nitrogen functional groups attached to an aromatic ring is 1. The molecule has 1 aliphatic rings. The van der Waals surface area contributed by atoms with Crippen LogP contribution in [0.5, 0.6) is 0 Å². The summed E-state index contributed by atoms with van der Waals surface area (Å²) < 4.78 is 5.39. The highest BCUT2D eigenvalue weighted by atomic mass is 16.5. The molecular weight excluding hydrogens is 238 g/mol. The molecule has 1 aromatic heterocycles. The second-order valence-corrected chi connectivity index (χ2v) is 5.64. The molecule has 2 atom stereocenters. The number of aromatic nitrogens is 2. The van der Waals surface area contributed by atoms with E-state index >= 15 is 0 Å². The van der Waals surface area contributed by atoms with Crippen molar-refractivity contribution < 1.29 is 4.52 Å². The minimum atomic E-state index is 0.461. The maximum Gasteiger partial charge on any atom is 0.257 e. The molecule has 2 N–H and O–H groups in total. The fourth-order valence-corrected chi connectivity index (χ4v) is 2.77. The first-order valence-electron chi connectivity index (χ1n) is 6.83. The second-order valence-electron chi connectivity index (χ2n) is 5.64. The minimum Gasteiger partial charge on any atom is -0.399 e. The van der Waals surface area contributed by atoms with E-state index in [1.807, 2.05) is 25.1 Å². The van der Waals surface area contributed by atoms with Crippen LogP contribution in [0.25, 0.3) is 11.5 Å². The van der Waals surface area contributed by atoms with Crippen molar-refractivity contribution in [3.63, 3.8) is 0 Å². The van der Waals surface area contributed by atoms with Crippen LogP contribution >= 0.6 is 0 Å². The highest BCUT2D eigenvalue weighted by Gasteiger charge is 2.27. The topological polar surface area (TPSA) is 64.9 Å². The molecule has 1 aromatic carbocycles. The Morgan fingerprint density at radius 1 is 1.32 bits per heavy atom. The first kappa shape index (κ1) is 12.2. The zero-order chi connectivity index (χ0) is 13.4. The van der Waals surface area contributed by atoms with E-state index in [2.05, 4.69) is 17.1 Å². The Labute approximate surface area is 113 Å². The number of anilines is 1. The molecule has 3 rings (SSSR count). The van der Waals surface area contributed by atoms with Crippen molar-refractivity contribution in [2.75, 3.05) is 5.73 Å². The van der Waals surface area contributed by atoms with Gasteiger partial charge in [0.05, 0.1) is 0 Å². The molecule has 2 aromatic rings. The van der Waals surface area contributed by atoms with Crippen LogP contribution in [-0.4, -0.2) is 10.1 Å². The number of benzene rings is 1. The minimum absolute atomic E-state index is 0.461. The third kappa shape index (κ3) is 2.35. The number of aryl methyl sites for hydroxylation is 1. The highest BCUT2D eigenvalue weighted by molar-refractivity contribution is 5.60. The zero-order valence-corrected chi connectivity index (χ0v) is 11.4. The van der Waals surface area contributed by atoms with Gasteiger partial charge in [0.25, 0.3) is 5.89 Å². The van der Waals surface area contributed by atoms with Gasteiger partial charge >= 0.3 is 0 Å². The Morgan fingerprint density at radius 2 is 2.16 bits per heavy atom. The largest absolute Gasteiger partial charge is 0.399 e. The lowest BCUT2D eigenvalue weighted by molar-refractivity contribution is 0.414. The van der Waals surface area contributed by atoms with Crippen LogP contribution in [0.3, 0.4) is 0 Å². The third-order valence-electron chi connectivity index (χ3n) is 4.02. The van der Waals surface area contributed by atoms with Crippen molar-refractivity contribution in [2.45, 2.75) is 39.0 Å². The molecule has 2 unspecified atom stereocenters. The van der Waals surface area contributed by atoms with Crippen LogP contribution in [0, 0.1) is 12.8 Å². The standard InChI is InChI=1S/C15H19N3O/c1-9-3-4-11(7-9)14-17-15(19-18-14)12-5-6-13(16)10(2)8-12/h5-6,8-9,11H,3-4,7,16H2,1-2H3. The molecule has 0 bridgehead atoms. The summed E-state index contributed by atoms with van der Waals surface area (Å²) in [4.78, 5) is 4.55. The van der Waals surface area contributed by atoms with Crippen molar-refractivity contribution in [1.82, 2.24) is 10.1 Å². The van der Waals surface area contributed by atoms with Crippen LogP contribution in [0.1, 0.15) is 43.5 Å². The lowest BCUT2D eigenvalue weighted by Gasteiger charge is -2.02. The Kier molecular flexibility index (Phi) is 3.01. The molecule has 0 amide bonds. The van der Waals surface area contributed by atoms with Gasteiger partial charge in [-0.1, -0.05) is 12.1 Å². The fraction of sp³-hybridized carbons (Fsp3) is 0.467. The van der Waals surface area contributed by atoms with E-state index in [1.165, 1.54) is 19.3 Å². The lowest BCUT2D eigenvalue weighted by atomic mass is 10.1. The Hall–Kier alpha value is -1.84. The average Bonchev–Trinajstić information content (AvgIpc) is 3.01. The molecule has 0 aliphatic heterocycles. The molecule has 1 aliphatic carbocycles. The smallest absolute Gasteiger partial charge is 0.257 e. The van der Waals surface area contributed by atoms with E-state index < -0.39 is 0 Å². The van der Waals surface area contributed by atoms with Gasteiger partial charge in [-0.3, -0.25) is 0 Å². The molecule has 100 valence electrons. The van der Waals surface area contributed by atoms with Gasteiger partial charge in [0.2, 0.25) is 0 Å². The van der Waals surface area contributed by atoms with E-state index in [0.29, 0.717) is 11.8 Å². The average molecular weight is 257 g/mol. The van der Waals surface area contributed by atoms with E-state index in [9.17, 15) is 0 Å². The predicted molar refractivity (Wildman–Crippen MR) is 74.6 cm³/mol. The second kappa shape index (κ2) is 4.68. The predicted octanol–water partition coefficient (Wildman–Crippen LogP) is 3.53. The van der Waals surface area contributed by atoms with Crippen LogP contribution in [-0.2, 0) is 0 Å². The lowest BCUT2D eigenvalue weighted by Crippen LogP contribution is -1.96.